The Balaban J connectivity index is 3.35. The molecule has 0 aliphatic heterocycles. The van der Waals surface area contributed by atoms with E-state index in [2.05, 4.69) is 10.6 Å². The van der Waals surface area contributed by atoms with Crippen LogP contribution in [0.1, 0.15) is 38.1 Å². The predicted molar refractivity (Wildman–Crippen MR) is 131 cm³/mol. The van der Waals surface area contributed by atoms with Crippen LogP contribution in [-0.4, -0.2) is 48.3 Å². The first-order valence-corrected chi connectivity index (χ1v) is 11.5. The molecule has 0 aromatic heterocycles. The van der Waals surface area contributed by atoms with Gasteiger partial charge in [0.05, 0.1) is 27.6 Å². The van der Waals surface area contributed by atoms with E-state index in [-0.39, 0.29) is 29.9 Å². The fourth-order valence-corrected chi connectivity index (χ4v) is 6.43. The minimum Gasteiger partial charge on any atom is -0.452 e. The van der Waals surface area contributed by atoms with Crippen molar-refractivity contribution in [1.29, 1.82) is 0 Å². The van der Waals surface area contributed by atoms with Crippen molar-refractivity contribution < 1.29 is 23.9 Å². The first-order valence-electron chi connectivity index (χ1n) is 8.25. The number of ether oxygens (including phenoxy) is 1. The number of nitrogens with zero attached hydrogens (tertiary/aromatic N) is 1. The van der Waals surface area contributed by atoms with Gasteiger partial charge in [0, 0.05) is 26.9 Å². The second-order valence-corrected chi connectivity index (χ2v) is 8.81. The van der Waals surface area contributed by atoms with E-state index < -0.39 is 5.97 Å². The molecule has 0 saturated carbocycles. The van der Waals surface area contributed by atoms with Gasteiger partial charge in [-0.3, -0.25) is 14.4 Å². The lowest BCUT2D eigenvalue weighted by Gasteiger charge is -2.20. The molecule has 0 fully saturated rings. The Morgan fingerprint density at radius 3 is 1.64 bits per heavy atom. The molecule has 1 rings (SSSR count). The number of hydrogen-bond acceptors (Lipinski definition) is 5. The Morgan fingerprint density at radius 1 is 0.857 bits per heavy atom. The second kappa shape index (κ2) is 11.5. The number of anilines is 2. The number of amides is 3. The van der Waals surface area contributed by atoms with E-state index in [4.69, 9.17) is 4.74 Å². The van der Waals surface area contributed by atoms with Gasteiger partial charge in [0.15, 0.2) is 6.61 Å². The number of halogens is 3. The third kappa shape index (κ3) is 6.40. The van der Waals surface area contributed by atoms with Crippen LogP contribution in [0.25, 0.3) is 0 Å². The number of hydrogen-bond donors (Lipinski definition) is 2. The fourth-order valence-electron chi connectivity index (χ4n) is 2.28. The Hall–Kier alpha value is -0.710. The highest BCUT2D eigenvalue weighted by atomic mass is 127. The lowest BCUT2D eigenvalue weighted by atomic mass is 10.1. The summed E-state index contributed by atoms with van der Waals surface area (Å²) in [5.74, 6) is -1.63. The summed E-state index contributed by atoms with van der Waals surface area (Å²) in [7, 11) is 0. The van der Waals surface area contributed by atoms with Gasteiger partial charge in [-0.25, -0.2) is 4.79 Å². The molecule has 28 heavy (non-hydrogen) atoms. The van der Waals surface area contributed by atoms with Gasteiger partial charge in [0.25, 0.3) is 5.91 Å². The number of esters is 1. The lowest BCUT2D eigenvalue weighted by Crippen LogP contribution is -2.34. The van der Waals surface area contributed by atoms with E-state index in [1.54, 1.807) is 4.90 Å². The van der Waals surface area contributed by atoms with Crippen LogP contribution >= 0.6 is 67.8 Å². The highest BCUT2D eigenvalue weighted by Gasteiger charge is 2.27. The monoisotopic (exact) mass is 727 g/mol. The maximum absolute atomic E-state index is 12.7. The topological polar surface area (TPSA) is 105 Å². The van der Waals surface area contributed by atoms with Crippen LogP contribution in [0.3, 0.4) is 0 Å². The molecule has 0 radical (unpaired) electrons. The standard InChI is InChI=1S/C17H20I3N3O5/c1-5-23(6-2)10(26)7-28-17(27)11-12(18)15(21-8(3)24)14(20)16(13(11)19)22-9(4)25/h5-7H2,1-4H3,(H,21,24)(H,22,25). The Kier molecular flexibility index (Phi) is 10.4. The average Bonchev–Trinajstić information content (AvgIpc) is 2.61. The van der Waals surface area contributed by atoms with Crippen LogP contribution in [0.2, 0.25) is 0 Å². The highest BCUT2D eigenvalue weighted by molar-refractivity contribution is 14.1. The van der Waals surface area contributed by atoms with E-state index in [1.807, 2.05) is 81.6 Å². The molecule has 0 unspecified atom stereocenters. The van der Waals surface area contributed by atoms with E-state index in [0.717, 1.165) is 0 Å². The summed E-state index contributed by atoms with van der Waals surface area (Å²) >= 11 is 5.88. The molecule has 0 bridgehead atoms. The Labute approximate surface area is 204 Å². The van der Waals surface area contributed by atoms with Crippen LogP contribution in [0, 0.1) is 10.7 Å². The highest BCUT2D eigenvalue weighted by Crippen LogP contribution is 2.39. The number of carbonyl (C=O) groups is 4. The zero-order valence-corrected chi connectivity index (χ0v) is 22.2. The van der Waals surface area contributed by atoms with Gasteiger partial charge in [0.2, 0.25) is 11.8 Å². The summed E-state index contributed by atoms with van der Waals surface area (Å²) < 4.78 is 6.76. The maximum atomic E-state index is 12.7. The molecule has 0 atom stereocenters. The molecule has 11 heteroatoms. The smallest absolute Gasteiger partial charge is 0.340 e. The predicted octanol–water partition coefficient (Wildman–Crippen LogP) is 3.44. The third-order valence-electron chi connectivity index (χ3n) is 3.57. The van der Waals surface area contributed by atoms with Crippen LogP contribution in [0.4, 0.5) is 11.4 Å². The van der Waals surface area contributed by atoms with Gasteiger partial charge < -0.3 is 20.3 Å². The second-order valence-electron chi connectivity index (χ2n) is 5.57. The zero-order chi connectivity index (χ0) is 21.6. The normalized spacial score (nSPS) is 10.2. The zero-order valence-electron chi connectivity index (χ0n) is 15.7. The molecular formula is C17H20I3N3O5. The summed E-state index contributed by atoms with van der Waals surface area (Å²) in [5, 5.41) is 5.37. The molecule has 2 N–H and O–H groups in total. The lowest BCUT2D eigenvalue weighted by molar-refractivity contribution is -0.134. The molecule has 1 aromatic carbocycles. The van der Waals surface area contributed by atoms with Crippen molar-refractivity contribution in [1.82, 2.24) is 4.90 Å². The molecule has 0 aliphatic rings. The van der Waals surface area contributed by atoms with E-state index in [0.29, 0.717) is 35.2 Å². The van der Waals surface area contributed by atoms with Crippen molar-refractivity contribution in [3.05, 3.63) is 16.3 Å². The summed E-state index contributed by atoms with van der Waals surface area (Å²) in [4.78, 5) is 49.6. The molecule has 154 valence electrons. The van der Waals surface area contributed by atoms with Crippen molar-refractivity contribution in [3.8, 4) is 0 Å². The minimum atomic E-state index is -0.705. The van der Waals surface area contributed by atoms with E-state index >= 15 is 0 Å². The van der Waals surface area contributed by atoms with Crippen molar-refractivity contribution in [3.63, 3.8) is 0 Å². The van der Waals surface area contributed by atoms with E-state index in [1.165, 1.54) is 13.8 Å². The molecular weight excluding hydrogens is 707 g/mol. The fraction of sp³-hybridized carbons (Fsp3) is 0.412. The van der Waals surface area contributed by atoms with Gasteiger partial charge in [-0.2, -0.15) is 0 Å². The summed E-state index contributed by atoms with van der Waals surface area (Å²) in [6, 6.07) is 0. The number of carbonyl (C=O) groups excluding carboxylic acids is 4. The summed E-state index contributed by atoms with van der Waals surface area (Å²) in [6.07, 6.45) is 0. The SMILES string of the molecule is CCN(CC)C(=O)COC(=O)c1c(I)c(NC(C)=O)c(I)c(NC(C)=O)c1I. The number of benzene rings is 1. The number of likely N-dealkylation sites (N-methyl/N-ethyl adjacent to an activating group) is 1. The van der Waals surface area contributed by atoms with E-state index in [9.17, 15) is 19.2 Å². The largest absolute Gasteiger partial charge is 0.452 e. The van der Waals surface area contributed by atoms with Crippen molar-refractivity contribution in [2.75, 3.05) is 30.3 Å². The molecule has 3 amide bonds. The first-order chi connectivity index (χ1) is 13.0. The minimum absolute atomic E-state index is 0.182. The molecule has 0 heterocycles. The Bertz CT molecular complexity index is 767. The summed E-state index contributed by atoms with van der Waals surface area (Å²) in [6.45, 7) is 7.03. The van der Waals surface area contributed by atoms with Crippen LogP contribution < -0.4 is 10.6 Å². The number of rotatable bonds is 7. The number of nitrogens with one attached hydrogen (secondary N) is 2. The van der Waals surface area contributed by atoms with Crippen LogP contribution in [0.5, 0.6) is 0 Å². The van der Waals surface area contributed by atoms with Crippen LogP contribution in [-0.2, 0) is 19.1 Å². The molecule has 1 aromatic rings. The van der Waals surface area contributed by atoms with Crippen molar-refractivity contribution in [2.45, 2.75) is 27.7 Å². The first kappa shape index (κ1) is 25.3. The Morgan fingerprint density at radius 2 is 1.29 bits per heavy atom. The summed E-state index contributed by atoms with van der Waals surface area (Å²) in [5.41, 5.74) is 0.987. The average molecular weight is 727 g/mol. The van der Waals surface area contributed by atoms with Gasteiger partial charge in [-0.1, -0.05) is 0 Å². The molecule has 0 saturated heterocycles. The van der Waals surface area contributed by atoms with Gasteiger partial charge in [-0.15, -0.1) is 0 Å². The maximum Gasteiger partial charge on any atom is 0.340 e. The quantitative estimate of drug-likeness (QED) is 0.331. The van der Waals surface area contributed by atoms with Gasteiger partial charge >= 0.3 is 5.97 Å². The van der Waals surface area contributed by atoms with Crippen molar-refractivity contribution in [2.24, 2.45) is 0 Å². The van der Waals surface area contributed by atoms with Gasteiger partial charge in [-0.05, 0) is 81.6 Å². The molecule has 0 spiro atoms. The molecule has 0 aliphatic carbocycles. The molecule has 8 nitrogen and oxygen atoms in total. The van der Waals surface area contributed by atoms with Crippen molar-refractivity contribution >= 4 is 103 Å². The van der Waals surface area contributed by atoms with Crippen LogP contribution in [0.15, 0.2) is 0 Å². The van der Waals surface area contributed by atoms with Gasteiger partial charge in [0.1, 0.15) is 0 Å². The third-order valence-corrected chi connectivity index (χ3v) is 6.80.